The SMILES string of the molecule is COc1ccc(-c2ccc3ncnc(N4CCN(C(=O)C=CC(C)=O)CC4)c3c2)cn1. The summed E-state index contributed by atoms with van der Waals surface area (Å²) in [6.45, 7) is 3.86. The summed E-state index contributed by atoms with van der Waals surface area (Å²) in [7, 11) is 1.59. The Hall–Kier alpha value is -3.81. The predicted molar refractivity (Wildman–Crippen MR) is 118 cm³/mol. The summed E-state index contributed by atoms with van der Waals surface area (Å²) in [5.74, 6) is 1.14. The van der Waals surface area contributed by atoms with Crippen LogP contribution in [-0.2, 0) is 9.59 Å². The molecule has 1 aromatic carbocycles. The number of amides is 1. The minimum Gasteiger partial charge on any atom is -0.481 e. The van der Waals surface area contributed by atoms with Gasteiger partial charge in [-0.05, 0) is 36.8 Å². The third-order valence-corrected chi connectivity index (χ3v) is 5.24. The van der Waals surface area contributed by atoms with Crippen LogP contribution in [0.25, 0.3) is 22.0 Å². The highest BCUT2D eigenvalue weighted by molar-refractivity contribution is 5.97. The Morgan fingerprint density at radius 2 is 1.74 bits per heavy atom. The standard InChI is InChI=1S/C23H23N5O3/c1-16(29)3-8-22(30)27-9-11-28(12-10-27)23-19-13-17(4-6-20(19)25-15-26-23)18-5-7-21(31-2)24-14-18/h3-8,13-15H,9-12H2,1-2H3. The molecule has 31 heavy (non-hydrogen) atoms. The van der Waals surface area contributed by atoms with Crippen LogP contribution in [0.4, 0.5) is 5.82 Å². The molecule has 1 fully saturated rings. The quantitative estimate of drug-likeness (QED) is 0.589. The van der Waals surface area contributed by atoms with E-state index in [-0.39, 0.29) is 11.7 Å². The first kappa shape index (κ1) is 20.5. The molecule has 4 rings (SSSR count). The van der Waals surface area contributed by atoms with Gasteiger partial charge in [-0.1, -0.05) is 6.07 Å². The van der Waals surface area contributed by atoms with Crippen molar-refractivity contribution >= 4 is 28.4 Å². The second-order valence-electron chi connectivity index (χ2n) is 7.27. The number of carbonyl (C=O) groups is 2. The minimum atomic E-state index is -0.142. The predicted octanol–water partition coefficient (Wildman–Crippen LogP) is 2.49. The molecule has 1 amide bonds. The van der Waals surface area contributed by atoms with Crippen LogP contribution < -0.4 is 9.64 Å². The van der Waals surface area contributed by atoms with Crippen LogP contribution in [-0.4, -0.2) is 64.8 Å². The molecule has 3 aromatic rings. The number of carbonyl (C=O) groups excluding carboxylic acids is 2. The van der Waals surface area contributed by atoms with Crippen LogP contribution in [0.1, 0.15) is 6.92 Å². The molecular weight excluding hydrogens is 394 g/mol. The molecule has 1 saturated heterocycles. The molecule has 0 atom stereocenters. The number of hydrogen-bond acceptors (Lipinski definition) is 7. The van der Waals surface area contributed by atoms with Gasteiger partial charge < -0.3 is 14.5 Å². The monoisotopic (exact) mass is 417 g/mol. The van der Waals surface area contributed by atoms with Crippen LogP contribution in [0.3, 0.4) is 0 Å². The smallest absolute Gasteiger partial charge is 0.246 e. The number of nitrogens with zero attached hydrogens (tertiary/aromatic N) is 5. The zero-order valence-electron chi connectivity index (χ0n) is 17.5. The number of rotatable bonds is 5. The maximum absolute atomic E-state index is 12.2. The molecule has 3 heterocycles. The van der Waals surface area contributed by atoms with Crippen molar-refractivity contribution in [2.24, 2.45) is 0 Å². The number of benzene rings is 1. The fourth-order valence-electron chi connectivity index (χ4n) is 3.58. The fourth-order valence-corrected chi connectivity index (χ4v) is 3.58. The summed E-state index contributed by atoms with van der Waals surface area (Å²) in [4.78, 5) is 40.4. The van der Waals surface area contributed by atoms with Crippen LogP contribution in [0.15, 0.2) is 55.0 Å². The number of anilines is 1. The van der Waals surface area contributed by atoms with Gasteiger partial charge in [-0.2, -0.15) is 0 Å². The highest BCUT2D eigenvalue weighted by Gasteiger charge is 2.22. The lowest BCUT2D eigenvalue weighted by molar-refractivity contribution is -0.126. The van der Waals surface area contributed by atoms with E-state index >= 15 is 0 Å². The molecule has 0 bridgehead atoms. The summed E-state index contributed by atoms with van der Waals surface area (Å²) < 4.78 is 5.14. The molecule has 0 spiro atoms. The second kappa shape index (κ2) is 8.91. The molecule has 1 aliphatic heterocycles. The summed E-state index contributed by atoms with van der Waals surface area (Å²) in [5, 5.41) is 0.951. The summed E-state index contributed by atoms with van der Waals surface area (Å²) >= 11 is 0. The zero-order chi connectivity index (χ0) is 21.8. The van der Waals surface area contributed by atoms with E-state index in [1.54, 1.807) is 24.5 Å². The van der Waals surface area contributed by atoms with Gasteiger partial charge in [-0.15, -0.1) is 0 Å². The van der Waals surface area contributed by atoms with Crippen molar-refractivity contribution in [3.05, 3.63) is 55.0 Å². The van der Waals surface area contributed by atoms with Crippen LogP contribution in [0, 0.1) is 0 Å². The number of ketones is 1. The Labute approximate surface area is 180 Å². The number of methoxy groups -OCH3 is 1. The van der Waals surface area contributed by atoms with Gasteiger partial charge in [-0.3, -0.25) is 9.59 Å². The van der Waals surface area contributed by atoms with E-state index in [9.17, 15) is 9.59 Å². The third kappa shape index (κ3) is 4.53. The van der Waals surface area contributed by atoms with E-state index in [2.05, 4.69) is 25.9 Å². The Balaban J connectivity index is 1.56. The Morgan fingerprint density at radius 1 is 0.968 bits per heavy atom. The topological polar surface area (TPSA) is 88.5 Å². The third-order valence-electron chi connectivity index (χ3n) is 5.24. The number of fused-ring (bicyclic) bond motifs is 1. The molecule has 0 aliphatic carbocycles. The summed E-state index contributed by atoms with van der Waals surface area (Å²) in [6, 6.07) is 9.86. The van der Waals surface area contributed by atoms with Crippen LogP contribution in [0.2, 0.25) is 0 Å². The molecule has 1 aliphatic rings. The molecule has 0 N–H and O–H groups in total. The average Bonchev–Trinajstić information content (AvgIpc) is 2.82. The molecule has 158 valence electrons. The molecular formula is C23H23N5O3. The van der Waals surface area contributed by atoms with E-state index in [0.29, 0.717) is 32.1 Å². The van der Waals surface area contributed by atoms with Crippen molar-refractivity contribution in [1.82, 2.24) is 19.9 Å². The number of pyridine rings is 1. The second-order valence-corrected chi connectivity index (χ2v) is 7.27. The van der Waals surface area contributed by atoms with Gasteiger partial charge in [-0.25, -0.2) is 15.0 Å². The van der Waals surface area contributed by atoms with Gasteiger partial charge in [0.1, 0.15) is 12.1 Å². The molecule has 8 heteroatoms. The van der Waals surface area contributed by atoms with Gasteiger partial charge in [0, 0.05) is 55.5 Å². The van der Waals surface area contributed by atoms with E-state index in [1.165, 1.54) is 19.1 Å². The van der Waals surface area contributed by atoms with Crippen molar-refractivity contribution in [3.63, 3.8) is 0 Å². The van der Waals surface area contributed by atoms with E-state index < -0.39 is 0 Å². The normalized spacial score (nSPS) is 14.3. The van der Waals surface area contributed by atoms with Gasteiger partial charge in [0.05, 0.1) is 12.6 Å². The summed E-state index contributed by atoms with van der Waals surface area (Å²) in [6.07, 6.45) is 6.00. The zero-order valence-corrected chi connectivity index (χ0v) is 17.5. The first-order valence-electron chi connectivity index (χ1n) is 10.0. The van der Waals surface area contributed by atoms with Crippen molar-refractivity contribution in [1.29, 1.82) is 0 Å². The Kier molecular flexibility index (Phi) is 5.88. The van der Waals surface area contributed by atoms with Crippen molar-refractivity contribution in [3.8, 4) is 17.0 Å². The van der Waals surface area contributed by atoms with Crippen molar-refractivity contribution in [2.75, 3.05) is 38.2 Å². The van der Waals surface area contributed by atoms with Gasteiger partial charge in [0.25, 0.3) is 0 Å². The number of allylic oxidation sites excluding steroid dienone is 1. The van der Waals surface area contributed by atoms with Gasteiger partial charge in [0.2, 0.25) is 11.8 Å². The number of hydrogen-bond donors (Lipinski definition) is 0. The van der Waals surface area contributed by atoms with E-state index in [4.69, 9.17) is 4.74 Å². The van der Waals surface area contributed by atoms with E-state index in [0.717, 1.165) is 27.8 Å². The van der Waals surface area contributed by atoms with Gasteiger partial charge in [0.15, 0.2) is 5.78 Å². The van der Waals surface area contributed by atoms with Crippen molar-refractivity contribution in [2.45, 2.75) is 6.92 Å². The summed E-state index contributed by atoms with van der Waals surface area (Å²) in [5.41, 5.74) is 2.85. The number of piperazine rings is 1. The maximum Gasteiger partial charge on any atom is 0.246 e. The highest BCUT2D eigenvalue weighted by Crippen LogP contribution is 2.29. The average molecular weight is 417 g/mol. The molecule has 0 saturated carbocycles. The van der Waals surface area contributed by atoms with Crippen LogP contribution in [0.5, 0.6) is 5.88 Å². The Morgan fingerprint density at radius 3 is 2.42 bits per heavy atom. The first-order chi connectivity index (χ1) is 15.0. The van der Waals surface area contributed by atoms with Crippen LogP contribution >= 0.6 is 0 Å². The maximum atomic E-state index is 12.2. The lowest BCUT2D eigenvalue weighted by Gasteiger charge is -2.35. The largest absolute Gasteiger partial charge is 0.481 e. The minimum absolute atomic E-state index is 0.137. The van der Waals surface area contributed by atoms with Crippen molar-refractivity contribution < 1.29 is 14.3 Å². The lowest BCUT2D eigenvalue weighted by Crippen LogP contribution is -2.48. The number of aromatic nitrogens is 3. The Bertz CT molecular complexity index is 1140. The molecule has 2 aromatic heterocycles. The number of ether oxygens (including phenoxy) is 1. The molecule has 0 unspecified atom stereocenters. The molecule has 0 radical (unpaired) electrons. The first-order valence-corrected chi connectivity index (χ1v) is 10.0. The molecule has 8 nitrogen and oxygen atoms in total. The van der Waals surface area contributed by atoms with E-state index in [1.807, 2.05) is 24.3 Å². The lowest BCUT2D eigenvalue weighted by atomic mass is 10.0. The highest BCUT2D eigenvalue weighted by atomic mass is 16.5. The van der Waals surface area contributed by atoms with Gasteiger partial charge >= 0.3 is 0 Å². The fraction of sp³-hybridized carbons (Fsp3) is 0.261.